The van der Waals surface area contributed by atoms with Gasteiger partial charge in [0.15, 0.2) is 0 Å². The van der Waals surface area contributed by atoms with E-state index in [0.29, 0.717) is 16.8 Å². The van der Waals surface area contributed by atoms with Crippen LogP contribution in [0.1, 0.15) is 15.9 Å². The molecule has 0 radical (unpaired) electrons. The first-order valence-corrected chi connectivity index (χ1v) is 6.31. The van der Waals surface area contributed by atoms with E-state index in [1.807, 2.05) is 0 Å². The van der Waals surface area contributed by atoms with E-state index in [9.17, 15) is 14.0 Å². The van der Waals surface area contributed by atoms with E-state index in [2.05, 4.69) is 10.1 Å². The molecule has 2 aromatic rings. The fraction of sp³-hybridized carbons (Fsp3) is 0.125. The molecule has 0 saturated heterocycles. The monoisotopic (exact) mass is 287 g/mol. The van der Waals surface area contributed by atoms with Crippen LogP contribution in [0.2, 0.25) is 0 Å². The van der Waals surface area contributed by atoms with Gasteiger partial charge in [0, 0.05) is 5.69 Å². The fourth-order valence-corrected chi connectivity index (χ4v) is 1.84. The van der Waals surface area contributed by atoms with Gasteiger partial charge in [-0.15, -0.1) is 0 Å². The number of benzene rings is 2. The van der Waals surface area contributed by atoms with Crippen molar-refractivity contribution in [2.24, 2.45) is 0 Å². The largest absolute Gasteiger partial charge is 0.465 e. The summed E-state index contributed by atoms with van der Waals surface area (Å²) in [6, 6.07) is 12.2. The summed E-state index contributed by atoms with van der Waals surface area (Å²) in [7, 11) is 1.30. The molecule has 0 bridgehead atoms. The normalized spacial score (nSPS) is 10.0. The Morgan fingerprint density at radius 2 is 1.86 bits per heavy atom. The lowest BCUT2D eigenvalue weighted by atomic mass is 10.1. The van der Waals surface area contributed by atoms with E-state index in [1.165, 1.54) is 19.2 Å². The van der Waals surface area contributed by atoms with Crippen LogP contribution in [-0.4, -0.2) is 19.0 Å². The van der Waals surface area contributed by atoms with Gasteiger partial charge in [-0.3, -0.25) is 4.79 Å². The van der Waals surface area contributed by atoms with Crippen molar-refractivity contribution in [2.45, 2.75) is 6.42 Å². The highest BCUT2D eigenvalue weighted by molar-refractivity contribution is 5.93. The first kappa shape index (κ1) is 14.7. The molecule has 21 heavy (non-hydrogen) atoms. The molecule has 0 saturated carbocycles. The van der Waals surface area contributed by atoms with Crippen LogP contribution in [0.4, 0.5) is 10.1 Å². The number of nitrogens with one attached hydrogen (secondary N) is 1. The summed E-state index contributed by atoms with van der Waals surface area (Å²) < 4.78 is 17.6. The molecule has 108 valence electrons. The molecule has 4 nitrogen and oxygen atoms in total. The topological polar surface area (TPSA) is 55.4 Å². The van der Waals surface area contributed by atoms with Gasteiger partial charge in [-0.1, -0.05) is 12.1 Å². The van der Waals surface area contributed by atoms with Gasteiger partial charge in [-0.25, -0.2) is 9.18 Å². The number of methoxy groups -OCH3 is 1. The molecule has 1 amide bonds. The minimum absolute atomic E-state index is 0.0799. The van der Waals surface area contributed by atoms with E-state index in [-0.39, 0.29) is 18.1 Å². The van der Waals surface area contributed by atoms with Crippen LogP contribution in [0, 0.1) is 5.82 Å². The zero-order valence-electron chi connectivity index (χ0n) is 11.4. The zero-order valence-corrected chi connectivity index (χ0v) is 11.4. The van der Waals surface area contributed by atoms with Crippen LogP contribution in [0.3, 0.4) is 0 Å². The maximum Gasteiger partial charge on any atom is 0.337 e. The molecule has 5 heteroatoms. The molecular formula is C16H14FNO3. The number of anilines is 1. The maximum absolute atomic E-state index is 13.0. The second-order valence-corrected chi connectivity index (χ2v) is 4.42. The first-order valence-electron chi connectivity index (χ1n) is 6.31. The predicted molar refractivity (Wildman–Crippen MR) is 76.5 cm³/mol. The maximum atomic E-state index is 13.0. The van der Waals surface area contributed by atoms with Crippen LogP contribution < -0.4 is 5.32 Å². The van der Waals surface area contributed by atoms with E-state index < -0.39 is 5.97 Å². The Hall–Kier alpha value is -2.69. The van der Waals surface area contributed by atoms with Gasteiger partial charge in [-0.2, -0.15) is 0 Å². The number of hydrogen-bond donors (Lipinski definition) is 1. The van der Waals surface area contributed by atoms with Crippen LogP contribution >= 0.6 is 0 Å². The Bertz CT molecular complexity index is 653. The summed E-state index contributed by atoms with van der Waals surface area (Å²) in [4.78, 5) is 23.1. The number of ether oxygens (including phenoxy) is 1. The molecule has 0 aliphatic heterocycles. The predicted octanol–water partition coefficient (Wildman–Crippen LogP) is 2.79. The Morgan fingerprint density at radius 3 is 2.48 bits per heavy atom. The number of esters is 1. The van der Waals surface area contributed by atoms with Crippen molar-refractivity contribution in [3.63, 3.8) is 0 Å². The third kappa shape index (κ3) is 4.14. The van der Waals surface area contributed by atoms with E-state index in [0.717, 1.165) is 0 Å². The Labute approximate surface area is 121 Å². The Morgan fingerprint density at radius 1 is 1.14 bits per heavy atom. The summed E-state index contributed by atoms with van der Waals surface area (Å²) in [5.41, 5.74) is 1.56. The van der Waals surface area contributed by atoms with Gasteiger partial charge in [0.25, 0.3) is 0 Å². The number of hydrogen-bond acceptors (Lipinski definition) is 3. The SMILES string of the molecule is COC(=O)c1ccc(NC(=O)Cc2cccc(F)c2)cc1. The number of amides is 1. The molecule has 0 fully saturated rings. The summed E-state index contributed by atoms with van der Waals surface area (Å²) in [6.45, 7) is 0. The second-order valence-electron chi connectivity index (χ2n) is 4.42. The van der Waals surface area contributed by atoms with Crippen LogP contribution in [0.15, 0.2) is 48.5 Å². The van der Waals surface area contributed by atoms with Crippen molar-refractivity contribution in [1.29, 1.82) is 0 Å². The van der Waals surface area contributed by atoms with E-state index in [1.54, 1.807) is 36.4 Å². The molecule has 0 aliphatic carbocycles. The first-order chi connectivity index (χ1) is 10.1. The molecule has 0 unspecified atom stereocenters. The Balaban J connectivity index is 1.98. The second kappa shape index (κ2) is 6.65. The molecule has 2 aromatic carbocycles. The van der Waals surface area contributed by atoms with Gasteiger partial charge in [-0.05, 0) is 42.0 Å². The summed E-state index contributed by atoms with van der Waals surface area (Å²) in [5, 5.41) is 2.68. The molecular weight excluding hydrogens is 273 g/mol. The van der Waals surface area contributed by atoms with E-state index in [4.69, 9.17) is 0 Å². The van der Waals surface area contributed by atoms with Crippen LogP contribution in [0.5, 0.6) is 0 Å². The molecule has 0 atom stereocenters. The molecule has 1 N–H and O–H groups in total. The standard InChI is InChI=1S/C16H14FNO3/c1-21-16(20)12-5-7-14(8-6-12)18-15(19)10-11-3-2-4-13(17)9-11/h2-9H,10H2,1H3,(H,18,19). The van der Waals surface area contributed by atoms with Gasteiger partial charge < -0.3 is 10.1 Å². The van der Waals surface area contributed by atoms with Crippen molar-refractivity contribution in [3.05, 3.63) is 65.5 Å². The quantitative estimate of drug-likeness (QED) is 0.880. The van der Waals surface area contributed by atoms with E-state index >= 15 is 0 Å². The van der Waals surface area contributed by atoms with Crippen molar-refractivity contribution < 1.29 is 18.7 Å². The lowest BCUT2D eigenvalue weighted by Gasteiger charge is -2.06. The molecule has 0 aromatic heterocycles. The van der Waals surface area contributed by atoms with Gasteiger partial charge in [0.2, 0.25) is 5.91 Å². The fourth-order valence-electron chi connectivity index (χ4n) is 1.84. The average Bonchev–Trinajstić information content (AvgIpc) is 2.47. The van der Waals surface area contributed by atoms with Crippen molar-refractivity contribution in [1.82, 2.24) is 0 Å². The molecule has 0 spiro atoms. The van der Waals surface area contributed by atoms with Crippen molar-refractivity contribution >= 4 is 17.6 Å². The highest BCUT2D eigenvalue weighted by atomic mass is 19.1. The summed E-state index contributed by atoms with van der Waals surface area (Å²) >= 11 is 0. The minimum atomic E-state index is -0.437. The summed E-state index contributed by atoms with van der Waals surface area (Å²) in [5.74, 6) is -1.07. The van der Waals surface area contributed by atoms with Gasteiger partial charge >= 0.3 is 5.97 Å². The third-order valence-electron chi connectivity index (χ3n) is 2.84. The number of halogens is 1. The Kier molecular flexibility index (Phi) is 4.66. The average molecular weight is 287 g/mol. The number of carbonyl (C=O) groups excluding carboxylic acids is 2. The summed E-state index contributed by atoms with van der Waals surface area (Å²) in [6.07, 6.45) is 0.0799. The van der Waals surface area contributed by atoms with Gasteiger partial charge in [0.1, 0.15) is 5.82 Å². The zero-order chi connectivity index (χ0) is 15.2. The van der Waals surface area contributed by atoms with Gasteiger partial charge in [0.05, 0.1) is 19.1 Å². The molecule has 0 heterocycles. The highest BCUT2D eigenvalue weighted by Crippen LogP contribution is 2.11. The molecule has 0 aliphatic rings. The minimum Gasteiger partial charge on any atom is -0.465 e. The van der Waals surface area contributed by atoms with Crippen molar-refractivity contribution in [3.8, 4) is 0 Å². The lowest BCUT2D eigenvalue weighted by Crippen LogP contribution is -2.14. The smallest absolute Gasteiger partial charge is 0.337 e. The number of rotatable bonds is 4. The molecule has 2 rings (SSSR count). The van der Waals surface area contributed by atoms with Crippen LogP contribution in [0.25, 0.3) is 0 Å². The highest BCUT2D eigenvalue weighted by Gasteiger charge is 2.07. The lowest BCUT2D eigenvalue weighted by molar-refractivity contribution is -0.115. The number of carbonyl (C=O) groups is 2. The van der Waals surface area contributed by atoms with Crippen LogP contribution in [-0.2, 0) is 16.0 Å². The third-order valence-corrected chi connectivity index (χ3v) is 2.84. The van der Waals surface area contributed by atoms with Crippen molar-refractivity contribution in [2.75, 3.05) is 12.4 Å².